The summed E-state index contributed by atoms with van der Waals surface area (Å²) in [6.07, 6.45) is 0.0677. The molecule has 1 N–H and O–H groups in total. The van der Waals surface area contributed by atoms with Crippen LogP contribution in [0.4, 0.5) is 0 Å². The summed E-state index contributed by atoms with van der Waals surface area (Å²) in [6.45, 7) is 4.20. The Morgan fingerprint density at radius 2 is 1.64 bits per heavy atom. The van der Waals surface area contributed by atoms with Gasteiger partial charge in [-0.05, 0) is 49.7 Å². The van der Waals surface area contributed by atoms with Crippen molar-refractivity contribution in [2.24, 2.45) is 0 Å². The molecule has 0 aliphatic heterocycles. The summed E-state index contributed by atoms with van der Waals surface area (Å²) in [7, 11) is 1.62. The summed E-state index contributed by atoms with van der Waals surface area (Å²) in [5, 5.41) is 2.93. The van der Waals surface area contributed by atoms with Crippen LogP contribution in [0.2, 0.25) is 0 Å². The number of carbonyl (C=O) groups is 1. The number of para-hydroxylation sites is 1. The molecule has 2 atom stereocenters. The first-order chi connectivity index (χ1) is 12.1. The molecule has 134 valence electrons. The fraction of sp³-hybridized carbons (Fsp3) is 0.350. The molecule has 0 heterocycles. The number of nitrogens with one attached hydrogen (secondary N) is 1. The molecular weight excluding hydrogens is 318 g/mol. The molecule has 2 aromatic rings. The van der Waals surface area contributed by atoms with Gasteiger partial charge in [0.1, 0.15) is 23.9 Å². The first-order valence-electron chi connectivity index (χ1n) is 8.41. The number of amides is 1. The van der Waals surface area contributed by atoms with Crippen LogP contribution in [-0.4, -0.2) is 31.8 Å². The summed E-state index contributed by atoms with van der Waals surface area (Å²) < 4.78 is 16.5. The zero-order valence-corrected chi connectivity index (χ0v) is 14.9. The Bertz CT molecular complexity index is 643. The Morgan fingerprint density at radius 3 is 2.24 bits per heavy atom. The van der Waals surface area contributed by atoms with Gasteiger partial charge in [-0.3, -0.25) is 4.79 Å². The molecule has 0 saturated heterocycles. The van der Waals surface area contributed by atoms with Crippen LogP contribution in [0.25, 0.3) is 0 Å². The van der Waals surface area contributed by atoms with Crippen LogP contribution in [0.5, 0.6) is 17.2 Å². The van der Waals surface area contributed by atoms with Gasteiger partial charge < -0.3 is 19.5 Å². The summed E-state index contributed by atoms with van der Waals surface area (Å²) in [6, 6.07) is 16.5. The van der Waals surface area contributed by atoms with Crippen LogP contribution in [0.1, 0.15) is 20.3 Å². The lowest BCUT2D eigenvalue weighted by molar-refractivity contribution is -0.128. The normalized spacial score (nSPS) is 12.8. The van der Waals surface area contributed by atoms with E-state index >= 15 is 0 Å². The maximum Gasteiger partial charge on any atom is 0.261 e. The van der Waals surface area contributed by atoms with Gasteiger partial charge in [-0.25, -0.2) is 0 Å². The molecule has 5 heteroatoms. The largest absolute Gasteiger partial charge is 0.497 e. The summed E-state index contributed by atoms with van der Waals surface area (Å²) in [5.41, 5.74) is 0. The number of carbonyl (C=O) groups excluding carboxylic acids is 1. The predicted molar refractivity (Wildman–Crippen MR) is 97.2 cm³/mol. The highest BCUT2D eigenvalue weighted by atomic mass is 16.5. The van der Waals surface area contributed by atoms with E-state index in [1.807, 2.05) is 68.4 Å². The first-order valence-corrected chi connectivity index (χ1v) is 8.41. The number of hydrogen-bond acceptors (Lipinski definition) is 4. The second kappa shape index (κ2) is 9.57. The second-order valence-corrected chi connectivity index (χ2v) is 5.72. The number of rotatable bonds is 9. The molecule has 0 radical (unpaired) electrons. The number of methoxy groups -OCH3 is 1. The van der Waals surface area contributed by atoms with Crippen LogP contribution in [-0.2, 0) is 4.79 Å². The number of benzene rings is 2. The predicted octanol–water partition coefficient (Wildman–Crippen LogP) is 3.44. The van der Waals surface area contributed by atoms with E-state index in [1.54, 1.807) is 7.11 Å². The Labute approximate surface area is 148 Å². The van der Waals surface area contributed by atoms with Gasteiger partial charge in [-0.1, -0.05) is 25.1 Å². The maximum atomic E-state index is 12.4. The van der Waals surface area contributed by atoms with E-state index in [9.17, 15) is 4.79 Å². The molecule has 2 rings (SSSR count). The lowest BCUT2D eigenvalue weighted by Crippen LogP contribution is -2.44. The summed E-state index contributed by atoms with van der Waals surface area (Å²) in [4.78, 5) is 12.4. The summed E-state index contributed by atoms with van der Waals surface area (Å²) >= 11 is 0. The molecule has 1 amide bonds. The van der Waals surface area contributed by atoms with Gasteiger partial charge >= 0.3 is 0 Å². The van der Waals surface area contributed by atoms with Crippen molar-refractivity contribution >= 4 is 5.91 Å². The number of ether oxygens (including phenoxy) is 3. The molecule has 0 aliphatic carbocycles. The maximum absolute atomic E-state index is 12.4. The molecule has 25 heavy (non-hydrogen) atoms. The standard InChI is InChI=1S/C20H25NO4/c1-4-19(25-18-8-6-5-7-9-18)20(22)21-15(2)14-24-17-12-10-16(23-3)11-13-17/h5-13,15,19H,4,14H2,1-3H3,(H,21,22)/t15-,19-/m0/s1. The van der Waals surface area contributed by atoms with E-state index < -0.39 is 6.10 Å². The molecule has 5 nitrogen and oxygen atoms in total. The molecule has 0 unspecified atom stereocenters. The molecule has 0 saturated carbocycles. The number of hydrogen-bond donors (Lipinski definition) is 1. The minimum atomic E-state index is -0.522. The van der Waals surface area contributed by atoms with Crippen LogP contribution in [0.3, 0.4) is 0 Å². The molecule has 0 aliphatic rings. The molecule has 0 bridgehead atoms. The van der Waals surface area contributed by atoms with Gasteiger partial charge in [0, 0.05) is 0 Å². The Balaban J connectivity index is 1.81. The monoisotopic (exact) mass is 343 g/mol. The van der Waals surface area contributed by atoms with E-state index in [1.165, 1.54) is 0 Å². The minimum absolute atomic E-state index is 0.136. The van der Waals surface area contributed by atoms with Crippen molar-refractivity contribution in [2.45, 2.75) is 32.4 Å². The molecule has 0 spiro atoms. The highest BCUT2D eigenvalue weighted by Crippen LogP contribution is 2.17. The van der Waals surface area contributed by atoms with Crippen molar-refractivity contribution < 1.29 is 19.0 Å². The van der Waals surface area contributed by atoms with Crippen molar-refractivity contribution in [1.82, 2.24) is 5.32 Å². The van der Waals surface area contributed by atoms with Crippen molar-refractivity contribution in [3.05, 3.63) is 54.6 Å². The van der Waals surface area contributed by atoms with Crippen molar-refractivity contribution in [3.8, 4) is 17.2 Å². The van der Waals surface area contributed by atoms with Crippen molar-refractivity contribution in [2.75, 3.05) is 13.7 Å². The fourth-order valence-electron chi connectivity index (χ4n) is 2.26. The van der Waals surface area contributed by atoms with Gasteiger partial charge in [0.05, 0.1) is 13.2 Å². The topological polar surface area (TPSA) is 56.8 Å². The molecule has 2 aromatic carbocycles. The van der Waals surface area contributed by atoms with Crippen molar-refractivity contribution in [1.29, 1.82) is 0 Å². The minimum Gasteiger partial charge on any atom is -0.497 e. The zero-order valence-electron chi connectivity index (χ0n) is 14.9. The Morgan fingerprint density at radius 1 is 1.00 bits per heavy atom. The van der Waals surface area contributed by atoms with Crippen molar-refractivity contribution in [3.63, 3.8) is 0 Å². The molecular formula is C20H25NO4. The Kier molecular flexibility index (Phi) is 7.14. The SMILES string of the molecule is CC[C@H](Oc1ccccc1)C(=O)N[C@@H](C)COc1ccc(OC)cc1. The third kappa shape index (κ3) is 6.03. The van der Waals surface area contributed by atoms with Gasteiger partial charge in [-0.15, -0.1) is 0 Å². The second-order valence-electron chi connectivity index (χ2n) is 5.72. The quantitative estimate of drug-likeness (QED) is 0.758. The van der Waals surface area contributed by atoms with Crippen LogP contribution >= 0.6 is 0 Å². The lowest BCUT2D eigenvalue weighted by atomic mass is 10.2. The Hall–Kier alpha value is -2.69. The van der Waals surface area contributed by atoms with E-state index in [4.69, 9.17) is 14.2 Å². The van der Waals surface area contributed by atoms with E-state index in [0.29, 0.717) is 18.8 Å². The average molecular weight is 343 g/mol. The average Bonchev–Trinajstić information content (AvgIpc) is 2.65. The van der Waals surface area contributed by atoms with E-state index in [2.05, 4.69) is 5.32 Å². The smallest absolute Gasteiger partial charge is 0.261 e. The fourth-order valence-corrected chi connectivity index (χ4v) is 2.26. The zero-order chi connectivity index (χ0) is 18.1. The summed E-state index contributed by atoms with van der Waals surface area (Å²) in [5.74, 6) is 2.05. The highest BCUT2D eigenvalue weighted by molar-refractivity contribution is 5.81. The van der Waals surface area contributed by atoms with E-state index in [-0.39, 0.29) is 11.9 Å². The highest BCUT2D eigenvalue weighted by Gasteiger charge is 2.20. The van der Waals surface area contributed by atoms with Crippen LogP contribution < -0.4 is 19.5 Å². The van der Waals surface area contributed by atoms with Gasteiger partial charge in [0.2, 0.25) is 0 Å². The van der Waals surface area contributed by atoms with E-state index in [0.717, 1.165) is 11.5 Å². The lowest BCUT2D eigenvalue weighted by Gasteiger charge is -2.20. The third-order valence-corrected chi connectivity index (χ3v) is 3.63. The van der Waals surface area contributed by atoms with Crippen LogP contribution in [0.15, 0.2) is 54.6 Å². The third-order valence-electron chi connectivity index (χ3n) is 3.63. The first kappa shape index (κ1) is 18.6. The van der Waals surface area contributed by atoms with Gasteiger partial charge in [0.25, 0.3) is 5.91 Å². The van der Waals surface area contributed by atoms with Crippen LogP contribution in [0, 0.1) is 0 Å². The molecule has 0 fully saturated rings. The van der Waals surface area contributed by atoms with Gasteiger partial charge in [-0.2, -0.15) is 0 Å². The van der Waals surface area contributed by atoms with Gasteiger partial charge in [0.15, 0.2) is 6.10 Å². The molecule has 0 aromatic heterocycles.